The highest BCUT2D eigenvalue weighted by molar-refractivity contribution is 5.86. The third-order valence-electron chi connectivity index (χ3n) is 3.54. The second-order valence-electron chi connectivity index (χ2n) is 6.53. The van der Waals surface area contributed by atoms with E-state index in [2.05, 4.69) is 37.7 Å². The number of aromatic nitrogens is 3. The summed E-state index contributed by atoms with van der Waals surface area (Å²) in [5, 5.41) is 5.64. The van der Waals surface area contributed by atoms with Crippen LogP contribution in [0.15, 0.2) is 30.3 Å². The molecule has 0 aliphatic carbocycles. The van der Waals surface area contributed by atoms with Crippen molar-refractivity contribution in [2.45, 2.75) is 52.2 Å². The summed E-state index contributed by atoms with van der Waals surface area (Å²) in [5.41, 5.74) is -0.490. The highest BCUT2D eigenvalue weighted by atomic mass is 19.1. The van der Waals surface area contributed by atoms with Crippen molar-refractivity contribution in [1.82, 2.24) is 15.0 Å². The van der Waals surface area contributed by atoms with Crippen molar-refractivity contribution >= 4 is 17.8 Å². The van der Waals surface area contributed by atoms with Gasteiger partial charge < -0.3 is 5.32 Å². The molecular weight excluding hydrogens is 321 g/mol. The summed E-state index contributed by atoms with van der Waals surface area (Å²) in [6, 6.07) is 10.2. The summed E-state index contributed by atoms with van der Waals surface area (Å²) in [4.78, 5) is 23.5. The number of nitrogens with zero attached hydrogens (tertiary/aromatic N) is 3. The van der Waals surface area contributed by atoms with Crippen LogP contribution in [0.25, 0.3) is 0 Å². The number of benzene rings is 1. The third-order valence-corrected chi connectivity index (χ3v) is 3.54. The van der Waals surface area contributed by atoms with Gasteiger partial charge in [0.05, 0.1) is 0 Å². The summed E-state index contributed by atoms with van der Waals surface area (Å²) < 4.78 is 14.2. The van der Waals surface area contributed by atoms with E-state index in [0.717, 1.165) is 12.8 Å². The number of carbonyl (C=O) groups excluding carboxylic acids is 1. The fraction of sp³-hybridized carbons (Fsp3) is 0.444. The predicted molar refractivity (Wildman–Crippen MR) is 96.1 cm³/mol. The lowest BCUT2D eigenvalue weighted by Crippen LogP contribution is -2.23. The van der Waals surface area contributed by atoms with Gasteiger partial charge in [-0.2, -0.15) is 15.0 Å². The van der Waals surface area contributed by atoms with Gasteiger partial charge in [0.2, 0.25) is 17.8 Å². The average molecular weight is 345 g/mol. The van der Waals surface area contributed by atoms with Gasteiger partial charge >= 0.3 is 0 Å². The first-order chi connectivity index (χ1) is 11.7. The van der Waals surface area contributed by atoms with E-state index in [9.17, 15) is 9.18 Å². The molecule has 0 saturated carbocycles. The molecule has 0 saturated heterocycles. The van der Waals surface area contributed by atoms with Crippen LogP contribution in [0, 0.1) is 0 Å². The maximum Gasteiger partial charge on any atom is 0.234 e. The standard InChI is InChI=1S/C18H24FN5O/c1-12(10-11-14-8-6-5-7-9-14)20-16-22-15(18(3,4)19)23-17(24-16)21-13(2)25/h5-9,12H,10-11H2,1-4H3,(H2,20,21,22,23,24,25). The average Bonchev–Trinajstić information content (AvgIpc) is 2.52. The summed E-state index contributed by atoms with van der Waals surface area (Å²) in [5.74, 6) is -0.0538. The number of hydrogen-bond donors (Lipinski definition) is 2. The van der Waals surface area contributed by atoms with E-state index in [0.29, 0.717) is 0 Å². The van der Waals surface area contributed by atoms with Crippen molar-refractivity contribution in [1.29, 1.82) is 0 Å². The Morgan fingerprint density at radius 2 is 1.80 bits per heavy atom. The first-order valence-electron chi connectivity index (χ1n) is 8.27. The molecule has 1 unspecified atom stereocenters. The molecule has 1 amide bonds. The molecule has 2 N–H and O–H groups in total. The minimum atomic E-state index is -1.74. The minimum absolute atomic E-state index is 0.0241. The monoisotopic (exact) mass is 345 g/mol. The van der Waals surface area contributed by atoms with Crippen LogP contribution < -0.4 is 10.6 Å². The van der Waals surface area contributed by atoms with Gasteiger partial charge in [0.25, 0.3) is 0 Å². The van der Waals surface area contributed by atoms with E-state index in [1.807, 2.05) is 25.1 Å². The Bertz CT molecular complexity index is 715. The Morgan fingerprint density at radius 1 is 1.16 bits per heavy atom. The summed E-state index contributed by atoms with van der Waals surface area (Å²) in [6.45, 7) is 6.08. The fourth-order valence-electron chi connectivity index (χ4n) is 2.24. The van der Waals surface area contributed by atoms with Gasteiger partial charge in [0.1, 0.15) is 0 Å². The van der Waals surface area contributed by atoms with Gasteiger partial charge in [-0.15, -0.1) is 0 Å². The SMILES string of the molecule is CC(=O)Nc1nc(NC(C)CCc2ccccc2)nc(C(C)(C)F)n1. The lowest BCUT2D eigenvalue weighted by molar-refractivity contribution is -0.114. The van der Waals surface area contributed by atoms with Gasteiger partial charge in [-0.1, -0.05) is 30.3 Å². The second kappa shape index (κ2) is 8.00. The van der Waals surface area contributed by atoms with E-state index >= 15 is 0 Å². The molecular formula is C18H24FN5O. The van der Waals surface area contributed by atoms with Crippen LogP contribution in [0.4, 0.5) is 16.3 Å². The molecule has 7 heteroatoms. The van der Waals surface area contributed by atoms with Gasteiger partial charge in [-0.3, -0.25) is 10.1 Å². The van der Waals surface area contributed by atoms with Crippen LogP contribution in [0.5, 0.6) is 0 Å². The smallest absolute Gasteiger partial charge is 0.234 e. The molecule has 0 aliphatic rings. The first-order valence-corrected chi connectivity index (χ1v) is 8.27. The summed E-state index contributed by atoms with van der Waals surface area (Å²) in [6.07, 6.45) is 1.76. The van der Waals surface area contributed by atoms with Crippen molar-refractivity contribution in [3.05, 3.63) is 41.7 Å². The quantitative estimate of drug-likeness (QED) is 0.803. The van der Waals surface area contributed by atoms with Crippen molar-refractivity contribution in [3.63, 3.8) is 0 Å². The number of halogens is 1. The second-order valence-corrected chi connectivity index (χ2v) is 6.53. The maximum atomic E-state index is 14.2. The molecule has 0 aliphatic heterocycles. The first kappa shape index (κ1) is 18.8. The van der Waals surface area contributed by atoms with Crippen LogP contribution in [0.2, 0.25) is 0 Å². The predicted octanol–water partition coefficient (Wildman–Crippen LogP) is 3.47. The minimum Gasteiger partial charge on any atom is -0.352 e. The van der Waals surface area contributed by atoms with Crippen LogP contribution in [-0.4, -0.2) is 26.9 Å². The normalized spacial score (nSPS) is 12.5. The molecule has 2 aromatic rings. The summed E-state index contributed by atoms with van der Waals surface area (Å²) >= 11 is 0. The maximum absolute atomic E-state index is 14.2. The lowest BCUT2D eigenvalue weighted by atomic mass is 10.1. The third kappa shape index (κ3) is 6.10. The van der Waals surface area contributed by atoms with Crippen molar-refractivity contribution < 1.29 is 9.18 Å². The number of nitrogens with one attached hydrogen (secondary N) is 2. The summed E-state index contributed by atoms with van der Waals surface area (Å²) in [7, 11) is 0. The lowest BCUT2D eigenvalue weighted by Gasteiger charge is -2.18. The van der Waals surface area contributed by atoms with Crippen molar-refractivity contribution in [2.75, 3.05) is 10.6 Å². The molecule has 6 nitrogen and oxygen atoms in total. The Hall–Kier alpha value is -2.57. The highest BCUT2D eigenvalue weighted by Crippen LogP contribution is 2.23. The van der Waals surface area contributed by atoms with Gasteiger partial charge in [-0.05, 0) is 39.2 Å². The van der Waals surface area contributed by atoms with Gasteiger partial charge in [0, 0.05) is 13.0 Å². The van der Waals surface area contributed by atoms with Crippen molar-refractivity contribution in [3.8, 4) is 0 Å². The van der Waals surface area contributed by atoms with Gasteiger partial charge in [-0.25, -0.2) is 4.39 Å². The Kier molecular flexibility index (Phi) is 6.01. The van der Waals surface area contributed by atoms with Crippen molar-refractivity contribution in [2.24, 2.45) is 0 Å². The van der Waals surface area contributed by atoms with Crippen LogP contribution in [0.1, 0.15) is 45.5 Å². The zero-order valence-electron chi connectivity index (χ0n) is 15.0. The van der Waals surface area contributed by atoms with E-state index < -0.39 is 5.67 Å². The molecule has 25 heavy (non-hydrogen) atoms. The Balaban J connectivity index is 2.09. The Morgan fingerprint density at radius 3 is 2.40 bits per heavy atom. The fourth-order valence-corrected chi connectivity index (χ4v) is 2.24. The topological polar surface area (TPSA) is 79.8 Å². The van der Waals surface area contributed by atoms with Crippen LogP contribution >= 0.6 is 0 Å². The highest BCUT2D eigenvalue weighted by Gasteiger charge is 2.25. The van der Waals surface area contributed by atoms with E-state index in [1.165, 1.54) is 26.3 Å². The zero-order chi connectivity index (χ0) is 18.4. The molecule has 134 valence electrons. The molecule has 1 atom stereocenters. The van der Waals surface area contributed by atoms with E-state index in [4.69, 9.17) is 0 Å². The molecule has 1 heterocycles. The largest absolute Gasteiger partial charge is 0.352 e. The van der Waals surface area contributed by atoms with E-state index in [1.54, 1.807) is 0 Å². The molecule has 0 fully saturated rings. The number of alkyl halides is 1. The molecule has 0 bridgehead atoms. The molecule has 1 aromatic heterocycles. The van der Waals surface area contributed by atoms with E-state index in [-0.39, 0.29) is 29.7 Å². The number of rotatable bonds is 7. The molecule has 0 spiro atoms. The molecule has 2 rings (SSSR count). The molecule has 0 radical (unpaired) electrons. The zero-order valence-corrected chi connectivity index (χ0v) is 15.0. The number of amides is 1. The van der Waals surface area contributed by atoms with Crippen LogP contribution in [0.3, 0.4) is 0 Å². The number of aryl methyl sites for hydroxylation is 1. The van der Waals surface area contributed by atoms with Crippen LogP contribution in [-0.2, 0) is 16.9 Å². The number of hydrogen-bond acceptors (Lipinski definition) is 5. The molecule has 1 aromatic carbocycles. The number of carbonyl (C=O) groups is 1. The number of anilines is 2. The Labute approximate surface area is 147 Å². The van der Waals surface area contributed by atoms with Gasteiger partial charge in [0.15, 0.2) is 11.5 Å².